The molecule has 3 heteroatoms. The van der Waals surface area contributed by atoms with Crippen LogP contribution in [0, 0.1) is 46.8 Å². The van der Waals surface area contributed by atoms with Gasteiger partial charge in [-0.05, 0) is 68.1 Å². The van der Waals surface area contributed by atoms with Gasteiger partial charge in [0.2, 0.25) is 0 Å². The van der Waals surface area contributed by atoms with Gasteiger partial charge in [0.1, 0.15) is 5.78 Å². The third-order valence-electron chi connectivity index (χ3n) is 8.72. The van der Waals surface area contributed by atoms with Gasteiger partial charge in [0.05, 0.1) is 11.0 Å². The zero-order valence-corrected chi connectivity index (χ0v) is 15.6. The second-order valence-corrected chi connectivity index (χ2v) is 10.2. The van der Waals surface area contributed by atoms with Crippen LogP contribution >= 0.6 is 11.6 Å². The first-order valence-electron chi connectivity index (χ1n) is 9.62. The number of carbonyl (C=O) groups excluding carboxylic acids is 1. The average Bonchev–Trinajstić information content (AvgIpc) is 2.84. The van der Waals surface area contributed by atoms with E-state index in [4.69, 9.17) is 18.0 Å². The number of aliphatic hydroxyl groups excluding tert-OH is 1. The number of hydrogen-bond donors (Lipinski definition) is 1. The third kappa shape index (κ3) is 1.98. The van der Waals surface area contributed by atoms with E-state index in [1.165, 1.54) is 0 Å². The van der Waals surface area contributed by atoms with Gasteiger partial charge in [-0.25, -0.2) is 0 Å². The first-order chi connectivity index (χ1) is 11.2. The van der Waals surface area contributed by atoms with Gasteiger partial charge in [0.15, 0.2) is 0 Å². The summed E-state index contributed by atoms with van der Waals surface area (Å²) < 4.78 is 0. The minimum Gasteiger partial charge on any atom is -0.392 e. The number of aliphatic hydroxyl groups is 1. The Morgan fingerprint density at radius 1 is 1.17 bits per heavy atom. The van der Waals surface area contributed by atoms with Crippen LogP contribution in [0.4, 0.5) is 0 Å². The number of alkyl halides is 1. The largest absolute Gasteiger partial charge is 0.392 e. The molecule has 4 fully saturated rings. The number of fused-ring (bicyclic) bond motifs is 5. The van der Waals surface area contributed by atoms with Crippen LogP contribution in [0.15, 0.2) is 0 Å². The molecule has 132 valence electrons. The van der Waals surface area contributed by atoms with Crippen molar-refractivity contribution in [2.75, 3.05) is 0 Å². The van der Waals surface area contributed by atoms with Crippen LogP contribution in [0.1, 0.15) is 65.2 Å². The Morgan fingerprint density at radius 2 is 1.92 bits per heavy atom. The monoisotopic (exact) mass is 348 g/mol. The Morgan fingerprint density at radius 3 is 2.62 bits per heavy atom. The van der Waals surface area contributed by atoms with E-state index in [0.717, 1.165) is 44.9 Å². The highest BCUT2D eigenvalue weighted by atomic mass is 35.5. The van der Waals surface area contributed by atoms with Crippen LogP contribution in [0.25, 0.3) is 0 Å². The van der Waals surface area contributed by atoms with E-state index in [1.54, 1.807) is 0 Å². The molecule has 0 saturated heterocycles. The second kappa shape index (κ2) is 5.24. The van der Waals surface area contributed by atoms with Gasteiger partial charge in [0.25, 0.3) is 0 Å². The van der Waals surface area contributed by atoms with Crippen molar-refractivity contribution in [3.63, 3.8) is 0 Å². The number of terminal acetylenes is 1. The molecule has 4 aliphatic rings. The van der Waals surface area contributed by atoms with E-state index < -0.39 is 6.10 Å². The maximum Gasteiger partial charge on any atom is 0.139 e. The van der Waals surface area contributed by atoms with Crippen molar-refractivity contribution in [1.29, 1.82) is 0 Å². The molecule has 2 nitrogen and oxygen atoms in total. The SMILES string of the molecule is C#CC1C[C@]2(C)[C@@H]3CC[C@]4(C)C(=O)CC[C@H]4[C@@H]3CCC2(Cl)CC1O. The zero-order valence-electron chi connectivity index (χ0n) is 14.9. The molecule has 0 bridgehead atoms. The first-order valence-corrected chi connectivity index (χ1v) is 9.99. The maximum absolute atomic E-state index is 12.5. The summed E-state index contributed by atoms with van der Waals surface area (Å²) in [5, 5.41) is 10.4. The summed E-state index contributed by atoms with van der Waals surface area (Å²) in [4.78, 5) is 12.2. The lowest BCUT2D eigenvalue weighted by Crippen LogP contribution is -2.62. The third-order valence-corrected chi connectivity index (χ3v) is 9.49. The minimum absolute atomic E-state index is 0.0271. The second-order valence-electron chi connectivity index (χ2n) is 9.47. The van der Waals surface area contributed by atoms with Crippen molar-refractivity contribution < 1.29 is 9.90 Å². The number of halogens is 1. The molecule has 8 atom stereocenters. The zero-order chi connectivity index (χ0) is 17.3. The molecule has 0 spiro atoms. The molecule has 0 aromatic carbocycles. The van der Waals surface area contributed by atoms with Crippen LogP contribution in [0.5, 0.6) is 0 Å². The highest BCUT2D eigenvalue weighted by Crippen LogP contribution is 2.68. The van der Waals surface area contributed by atoms with E-state index in [-0.39, 0.29) is 21.6 Å². The lowest BCUT2D eigenvalue weighted by Gasteiger charge is -2.64. The molecule has 1 N–H and O–H groups in total. The number of rotatable bonds is 0. The van der Waals surface area contributed by atoms with E-state index in [0.29, 0.717) is 30.0 Å². The van der Waals surface area contributed by atoms with E-state index in [1.807, 2.05) is 0 Å². The number of hydrogen-bond acceptors (Lipinski definition) is 2. The van der Waals surface area contributed by atoms with Crippen molar-refractivity contribution in [1.82, 2.24) is 0 Å². The van der Waals surface area contributed by atoms with Crippen LogP contribution in [0.3, 0.4) is 0 Å². The Bertz CT molecular complexity index is 609. The molecular formula is C21H29ClO2. The highest BCUT2D eigenvalue weighted by molar-refractivity contribution is 6.24. The molecule has 0 heterocycles. The fourth-order valence-electron chi connectivity index (χ4n) is 7.17. The van der Waals surface area contributed by atoms with Crippen molar-refractivity contribution in [3.05, 3.63) is 0 Å². The van der Waals surface area contributed by atoms with Crippen LogP contribution < -0.4 is 0 Å². The summed E-state index contributed by atoms with van der Waals surface area (Å²) in [6.07, 6.45) is 12.6. The summed E-state index contributed by atoms with van der Waals surface area (Å²) in [5.41, 5.74) is -0.121. The van der Waals surface area contributed by atoms with Gasteiger partial charge in [-0.15, -0.1) is 23.9 Å². The van der Waals surface area contributed by atoms with E-state index in [9.17, 15) is 9.90 Å². The summed E-state index contributed by atoms with van der Waals surface area (Å²) in [6.45, 7) is 4.54. The molecular weight excluding hydrogens is 320 g/mol. The predicted octanol–water partition coefficient (Wildman–Crippen LogP) is 4.18. The average molecular weight is 349 g/mol. The lowest BCUT2D eigenvalue weighted by atomic mass is 9.44. The summed E-state index contributed by atoms with van der Waals surface area (Å²) in [5.74, 6) is 4.89. The molecule has 0 aliphatic heterocycles. The minimum atomic E-state index is -0.473. The Balaban J connectivity index is 1.70. The molecule has 24 heavy (non-hydrogen) atoms. The van der Waals surface area contributed by atoms with E-state index >= 15 is 0 Å². The number of carbonyl (C=O) groups is 1. The predicted molar refractivity (Wildman–Crippen MR) is 95.5 cm³/mol. The normalized spacial score (nSPS) is 56.8. The highest BCUT2D eigenvalue weighted by Gasteiger charge is 2.65. The summed E-state index contributed by atoms with van der Waals surface area (Å²) >= 11 is 7.17. The Kier molecular flexibility index (Phi) is 3.70. The van der Waals surface area contributed by atoms with E-state index in [2.05, 4.69) is 19.8 Å². The molecule has 4 aliphatic carbocycles. The van der Waals surface area contributed by atoms with Crippen molar-refractivity contribution in [2.24, 2.45) is 34.5 Å². The molecule has 0 radical (unpaired) electrons. The lowest BCUT2D eigenvalue weighted by molar-refractivity contribution is -0.141. The van der Waals surface area contributed by atoms with Crippen molar-refractivity contribution >= 4 is 17.4 Å². The summed E-state index contributed by atoms with van der Waals surface area (Å²) in [6, 6.07) is 0. The molecule has 0 aromatic rings. The maximum atomic E-state index is 12.5. The topological polar surface area (TPSA) is 37.3 Å². The fraction of sp³-hybridized carbons (Fsp3) is 0.857. The van der Waals surface area contributed by atoms with Gasteiger partial charge in [0, 0.05) is 17.8 Å². The van der Waals surface area contributed by atoms with Gasteiger partial charge < -0.3 is 5.11 Å². The van der Waals surface area contributed by atoms with Gasteiger partial charge in [-0.2, -0.15) is 0 Å². The van der Waals surface area contributed by atoms with Crippen molar-refractivity contribution in [3.8, 4) is 12.3 Å². The molecule has 0 aromatic heterocycles. The number of Topliss-reactive ketones (excluding diaryl/α,β-unsaturated/α-hetero) is 1. The first kappa shape index (κ1) is 16.9. The quantitative estimate of drug-likeness (QED) is 0.526. The van der Waals surface area contributed by atoms with Crippen molar-refractivity contribution in [2.45, 2.75) is 76.2 Å². The molecule has 4 saturated carbocycles. The Hall–Kier alpha value is -0.520. The van der Waals surface area contributed by atoms with Gasteiger partial charge in [-0.1, -0.05) is 13.8 Å². The Labute approximate surface area is 150 Å². The molecule has 0 amide bonds. The summed E-state index contributed by atoms with van der Waals surface area (Å²) in [7, 11) is 0. The fourth-order valence-corrected chi connectivity index (χ4v) is 7.66. The molecule has 3 unspecified atom stereocenters. The standard InChI is InChI=1S/C21H29ClO2/c1-4-13-11-20(3)16-8-9-19(2)15(5-6-18(19)24)14(16)7-10-21(20,22)12-17(13)23/h1,13-17,23H,5-12H2,2-3H3/t13?,14-,15-,16+,17?,19-,20+,21?/m0/s1. The van der Waals surface area contributed by atoms with Crippen LogP contribution in [-0.2, 0) is 4.79 Å². The molecule has 4 rings (SSSR count). The smallest absolute Gasteiger partial charge is 0.139 e. The van der Waals surface area contributed by atoms with Gasteiger partial charge >= 0.3 is 0 Å². The van der Waals surface area contributed by atoms with Crippen LogP contribution in [-0.4, -0.2) is 21.9 Å². The van der Waals surface area contributed by atoms with Gasteiger partial charge in [-0.3, -0.25) is 4.79 Å². The number of ketones is 1. The van der Waals surface area contributed by atoms with Crippen LogP contribution in [0.2, 0.25) is 0 Å².